The number of benzene rings is 2. The minimum Gasteiger partial charge on any atom is -0.374 e. The second-order valence-electron chi connectivity index (χ2n) is 8.29. The predicted octanol–water partition coefficient (Wildman–Crippen LogP) is 6.31. The Balaban J connectivity index is 1.53. The fourth-order valence-electron chi connectivity index (χ4n) is 3.92. The summed E-state index contributed by atoms with van der Waals surface area (Å²) in [6, 6.07) is 9.24. The molecule has 176 valence electrons. The van der Waals surface area contributed by atoms with E-state index in [0.29, 0.717) is 18.7 Å². The number of likely N-dealkylation sites (tertiary alicyclic amines) is 1. The number of nitrogens with zero attached hydrogens (tertiary/aromatic N) is 3. The molecule has 1 saturated heterocycles. The largest absolute Gasteiger partial charge is 0.435 e. The number of amides is 2. The molecule has 5 nitrogen and oxygen atoms in total. The van der Waals surface area contributed by atoms with Crippen LogP contribution in [0.2, 0.25) is 15.1 Å². The highest BCUT2D eigenvalue weighted by Gasteiger charge is 2.62. The molecule has 2 heterocycles. The van der Waals surface area contributed by atoms with E-state index in [1.165, 1.54) is 4.90 Å². The molecule has 2 aromatic rings. The Kier molecular flexibility index (Phi) is 6.22. The van der Waals surface area contributed by atoms with E-state index >= 15 is 0 Å². The first-order valence-electron chi connectivity index (χ1n) is 9.96. The van der Waals surface area contributed by atoms with E-state index in [0.717, 1.165) is 17.7 Å². The molecule has 0 saturated carbocycles. The van der Waals surface area contributed by atoms with Crippen LogP contribution in [0.15, 0.2) is 41.6 Å². The van der Waals surface area contributed by atoms with Crippen LogP contribution in [0.3, 0.4) is 0 Å². The van der Waals surface area contributed by atoms with Crippen molar-refractivity contribution in [1.29, 1.82) is 0 Å². The second-order valence-corrected chi connectivity index (χ2v) is 9.48. The van der Waals surface area contributed by atoms with Crippen LogP contribution in [0.1, 0.15) is 29.0 Å². The summed E-state index contributed by atoms with van der Waals surface area (Å²) < 4.78 is 42.6. The van der Waals surface area contributed by atoms with Gasteiger partial charge >= 0.3 is 12.2 Å². The van der Waals surface area contributed by atoms with Gasteiger partial charge in [0.05, 0.1) is 20.8 Å². The van der Waals surface area contributed by atoms with E-state index < -0.39 is 18.2 Å². The van der Waals surface area contributed by atoms with Crippen LogP contribution in [0.4, 0.5) is 18.0 Å². The first-order chi connectivity index (χ1) is 15.4. The normalized spacial score (nSPS) is 20.8. The molecule has 2 aliphatic rings. The summed E-state index contributed by atoms with van der Waals surface area (Å²) in [5, 5.41) is 3.52. The Morgan fingerprint density at radius 3 is 2.21 bits per heavy atom. The molecule has 0 bridgehead atoms. The van der Waals surface area contributed by atoms with Crippen molar-refractivity contribution >= 4 is 46.5 Å². The molecule has 0 N–H and O–H groups in total. The molecule has 2 amide bonds. The average molecular weight is 521 g/mol. The zero-order valence-electron chi connectivity index (χ0n) is 17.6. The van der Waals surface area contributed by atoms with E-state index in [9.17, 15) is 18.0 Å². The number of urea groups is 1. The lowest BCUT2D eigenvalue weighted by Gasteiger charge is -2.40. The molecule has 0 aliphatic carbocycles. The molecular weight excluding hydrogens is 502 g/mol. The zero-order chi connectivity index (χ0) is 24.1. The van der Waals surface area contributed by atoms with Crippen LogP contribution < -0.4 is 0 Å². The van der Waals surface area contributed by atoms with Gasteiger partial charge in [0.25, 0.3) is 5.60 Å². The third-order valence-electron chi connectivity index (χ3n) is 5.89. The highest BCUT2D eigenvalue weighted by molar-refractivity contribution is 6.48. The average Bonchev–Trinajstić information content (AvgIpc) is 3.18. The highest BCUT2D eigenvalue weighted by Crippen LogP contribution is 2.50. The molecule has 2 aliphatic heterocycles. The number of rotatable bonds is 3. The molecular formula is C22H19Cl3F3N3O2. The molecule has 0 spiro atoms. The topological polar surface area (TPSA) is 45.1 Å². The SMILES string of the molecule is CN(C)C(=O)N1CC(c2ccc(C3=NOC(c4cc(Cl)c(Cl)c(Cl)c4)(C(F)(F)F)C3)cc2)C1. The molecule has 1 fully saturated rings. The predicted molar refractivity (Wildman–Crippen MR) is 121 cm³/mol. The summed E-state index contributed by atoms with van der Waals surface area (Å²) in [6.45, 7) is 1.19. The molecule has 2 aromatic carbocycles. The zero-order valence-corrected chi connectivity index (χ0v) is 19.9. The summed E-state index contributed by atoms with van der Waals surface area (Å²) in [4.78, 5) is 20.2. The van der Waals surface area contributed by atoms with Gasteiger partial charge in [-0.2, -0.15) is 13.2 Å². The van der Waals surface area contributed by atoms with Gasteiger partial charge in [0, 0.05) is 45.1 Å². The quantitative estimate of drug-likeness (QED) is 0.445. The number of oxime groups is 1. The minimum absolute atomic E-state index is 0.0315. The van der Waals surface area contributed by atoms with E-state index in [-0.39, 0.29) is 38.3 Å². The maximum atomic E-state index is 14.2. The molecule has 33 heavy (non-hydrogen) atoms. The minimum atomic E-state index is -4.78. The lowest BCUT2D eigenvalue weighted by molar-refractivity contribution is -0.275. The third kappa shape index (κ3) is 4.24. The standard InChI is InChI=1S/C22H19Cl3F3N3O2/c1-30(2)20(32)31-10-14(11-31)12-3-5-13(6-4-12)18-9-21(33-29-18,22(26,27)28)15-7-16(23)19(25)17(24)8-15/h3-8,14H,9-11H2,1-2H3. The van der Waals surface area contributed by atoms with Gasteiger partial charge in [-0.05, 0) is 23.3 Å². The van der Waals surface area contributed by atoms with Gasteiger partial charge in [0.1, 0.15) is 0 Å². The Morgan fingerprint density at radius 1 is 1.12 bits per heavy atom. The van der Waals surface area contributed by atoms with Crippen molar-refractivity contribution in [2.75, 3.05) is 27.2 Å². The third-order valence-corrected chi connectivity index (χ3v) is 7.08. The number of alkyl halides is 3. The van der Waals surface area contributed by atoms with Crippen molar-refractivity contribution in [3.8, 4) is 0 Å². The van der Waals surface area contributed by atoms with Crippen LogP contribution in [0, 0.1) is 0 Å². The Morgan fingerprint density at radius 2 is 1.70 bits per heavy atom. The fraction of sp³-hybridized carbons (Fsp3) is 0.364. The van der Waals surface area contributed by atoms with E-state index in [1.54, 1.807) is 31.1 Å². The number of hydrogen-bond donors (Lipinski definition) is 0. The summed E-state index contributed by atoms with van der Waals surface area (Å²) in [7, 11) is 3.39. The van der Waals surface area contributed by atoms with Crippen molar-refractivity contribution in [3.05, 3.63) is 68.2 Å². The first-order valence-corrected chi connectivity index (χ1v) is 11.1. The maximum absolute atomic E-state index is 14.2. The van der Waals surface area contributed by atoms with Crippen LogP contribution >= 0.6 is 34.8 Å². The van der Waals surface area contributed by atoms with E-state index in [4.69, 9.17) is 39.6 Å². The second kappa shape index (κ2) is 8.56. The van der Waals surface area contributed by atoms with Crippen LogP contribution in [0.5, 0.6) is 0 Å². The number of hydrogen-bond acceptors (Lipinski definition) is 3. The number of carbonyl (C=O) groups excluding carboxylic acids is 1. The lowest BCUT2D eigenvalue weighted by Crippen LogP contribution is -2.52. The maximum Gasteiger partial charge on any atom is 0.435 e. The first kappa shape index (κ1) is 24.0. The van der Waals surface area contributed by atoms with Crippen molar-refractivity contribution < 1.29 is 22.8 Å². The van der Waals surface area contributed by atoms with Gasteiger partial charge < -0.3 is 14.6 Å². The Hall–Kier alpha value is -2.16. The Bertz CT molecular complexity index is 1090. The van der Waals surface area contributed by atoms with Crippen LogP contribution in [0.25, 0.3) is 0 Å². The van der Waals surface area contributed by atoms with Crippen molar-refractivity contribution in [1.82, 2.24) is 9.80 Å². The van der Waals surface area contributed by atoms with Gasteiger partial charge in [-0.3, -0.25) is 0 Å². The fourth-order valence-corrected chi connectivity index (χ4v) is 4.52. The monoisotopic (exact) mass is 519 g/mol. The van der Waals surface area contributed by atoms with Crippen molar-refractivity contribution in [2.24, 2.45) is 5.16 Å². The summed E-state index contributed by atoms with van der Waals surface area (Å²) in [6.07, 6.45) is -5.33. The van der Waals surface area contributed by atoms with E-state index in [1.807, 2.05) is 12.1 Å². The van der Waals surface area contributed by atoms with Crippen LogP contribution in [-0.4, -0.2) is 54.9 Å². The van der Waals surface area contributed by atoms with Gasteiger partial charge in [0.2, 0.25) is 0 Å². The van der Waals surface area contributed by atoms with Gasteiger partial charge in [-0.15, -0.1) is 0 Å². The van der Waals surface area contributed by atoms with E-state index in [2.05, 4.69) is 5.16 Å². The van der Waals surface area contributed by atoms with Crippen molar-refractivity contribution in [2.45, 2.75) is 24.1 Å². The van der Waals surface area contributed by atoms with Crippen LogP contribution in [-0.2, 0) is 10.4 Å². The van der Waals surface area contributed by atoms with Gasteiger partial charge in [-0.1, -0.05) is 64.2 Å². The summed E-state index contributed by atoms with van der Waals surface area (Å²) in [5.74, 6) is 0.178. The summed E-state index contributed by atoms with van der Waals surface area (Å²) >= 11 is 17.8. The molecule has 0 radical (unpaired) electrons. The highest BCUT2D eigenvalue weighted by atomic mass is 35.5. The molecule has 0 aromatic heterocycles. The lowest BCUT2D eigenvalue weighted by atomic mass is 9.85. The van der Waals surface area contributed by atoms with Gasteiger partial charge in [-0.25, -0.2) is 4.79 Å². The molecule has 11 heteroatoms. The van der Waals surface area contributed by atoms with Gasteiger partial charge in [0.15, 0.2) is 0 Å². The number of halogens is 6. The number of carbonyl (C=O) groups is 1. The molecule has 1 atom stereocenters. The Labute approximate surface area is 203 Å². The van der Waals surface area contributed by atoms with Crippen molar-refractivity contribution in [3.63, 3.8) is 0 Å². The molecule has 1 unspecified atom stereocenters. The summed E-state index contributed by atoms with van der Waals surface area (Å²) in [5.41, 5.74) is -1.33. The molecule has 4 rings (SSSR count). The smallest absolute Gasteiger partial charge is 0.374 e.